The molecule has 1 aliphatic rings. The number of carbonyl (C=O) groups is 2. The fourth-order valence-corrected chi connectivity index (χ4v) is 5.53. The summed E-state index contributed by atoms with van der Waals surface area (Å²) in [6, 6.07) is 14.2. The molecule has 0 radical (unpaired) electrons. The molecule has 1 unspecified atom stereocenters. The molecule has 2 N–H and O–H groups in total. The van der Waals surface area contributed by atoms with Crippen molar-refractivity contribution in [3.63, 3.8) is 0 Å². The second-order valence-electron chi connectivity index (χ2n) is 10.1. The van der Waals surface area contributed by atoms with Crippen LogP contribution in [-0.2, 0) is 11.0 Å². The summed E-state index contributed by atoms with van der Waals surface area (Å²) in [4.78, 5) is 38.2. The standard InChI is InChI=1S/C30H29F3N8O3S/c1-19-7-3-4-8-23(19)41-26(15-25(39-41)30(31,32)33)38-27(43)37-21-16-34-28(35-17-21)44-22-11-9-20(10-12-22)24-18-36-29(45-24)40(2)13-5-6-14-42/h3-4,7-12,14-17,24H,5-6,13,18H2,1-2H3,(H2,37,38,43). The van der Waals surface area contributed by atoms with E-state index in [-0.39, 0.29) is 22.8 Å². The molecule has 4 aromatic rings. The number of aryl methyl sites for hydroxylation is 1. The third kappa shape index (κ3) is 7.98. The Morgan fingerprint density at radius 1 is 1.13 bits per heavy atom. The predicted octanol–water partition coefficient (Wildman–Crippen LogP) is 6.48. The number of aldehydes is 1. The second-order valence-corrected chi connectivity index (χ2v) is 11.2. The molecule has 0 saturated heterocycles. The summed E-state index contributed by atoms with van der Waals surface area (Å²) >= 11 is 1.68. The first-order valence-electron chi connectivity index (χ1n) is 13.9. The highest BCUT2D eigenvalue weighted by atomic mass is 32.2. The van der Waals surface area contributed by atoms with Gasteiger partial charge in [0.1, 0.15) is 17.9 Å². The Kier molecular flexibility index (Phi) is 9.66. The molecule has 15 heteroatoms. The van der Waals surface area contributed by atoms with Crippen LogP contribution in [-0.4, -0.2) is 62.3 Å². The number of nitrogens with one attached hydrogen (secondary N) is 2. The number of rotatable bonds is 10. The Labute approximate surface area is 260 Å². The monoisotopic (exact) mass is 638 g/mol. The van der Waals surface area contributed by atoms with Gasteiger partial charge in [-0.05, 0) is 42.7 Å². The van der Waals surface area contributed by atoms with Gasteiger partial charge in [0.2, 0.25) is 0 Å². The number of halogens is 3. The highest BCUT2D eigenvalue weighted by Gasteiger charge is 2.35. The molecular weight excluding hydrogens is 609 g/mol. The number of benzene rings is 2. The van der Waals surface area contributed by atoms with Gasteiger partial charge in [-0.15, -0.1) is 0 Å². The fraction of sp³-hybridized carbons (Fsp3) is 0.267. The largest absolute Gasteiger partial charge is 0.435 e. The number of unbranched alkanes of at least 4 members (excludes halogenated alkanes) is 1. The summed E-state index contributed by atoms with van der Waals surface area (Å²) in [6.45, 7) is 3.15. The van der Waals surface area contributed by atoms with E-state index in [1.165, 1.54) is 12.4 Å². The molecule has 234 valence electrons. The highest BCUT2D eigenvalue weighted by molar-refractivity contribution is 8.14. The molecule has 11 nitrogen and oxygen atoms in total. The third-order valence-electron chi connectivity index (χ3n) is 6.71. The zero-order chi connectivity index (χ0) is 32.0. The van der Waals surface area contributed by atoms with Crippen LogP contribution >= 0.6 is 11.8 Å². The van der Waals surface area contributed by atoms with E-state index in [0.29, 0.717) is 30.0 Å². The van der Waals surface area contributed by atoms with E-state index < -0.39 is 17.9 Å². The minimum Gasteiger partial charge on any atom is -0.424 e. The minimum absolute atomic E-state index is 0.0407. The van der Waals surface area contributed by atoms with Crippen LogP contribution in [0.2, 0.25) is 0 Å². The Balaban J connectivity index is 1.16. The van der Waals surface area contributed by atoms with E-state index in [2.05, 4.69) is 35.6 Å². The number of amides is 2. The first-order chi connectivity index (χ1) is 21.6. The van der Waals surface area contributed by atoms with Crippen LogP contribution in [0.1, 0.15) is 34.9 Å². The van der Waals surface area contributed by atoms with Gasteiger partial charge in [-0.25, -0.2) is 19.4 Å². The quantitative estimate of drug-likeness (QED) is 0.149. The summed E-state index contributed by atoms with van der Waals surface area (Å²) in [5.41, 5.74) is 1.19. The molecule has 3 heterocycles. The number of anilines is 2. The van der Waals surface area contributed by atoms with Crippen LogP contribution < -0.4 is 15.4 Å². The molecule has 1 atom stereocenters. The molecule has 45 heavy (non-hydrogen) atoms. The molecule has 0 fully saturated rings. The molecule has 0 bridgehead atoms. The highest BCUT2D eigenvalue weighted by Crippen LogP contribution is 2.37. The van der Waals surface area contributed by atoms with Crippen LogP contribution in [0.15, 0.2) is 72.0 Å². The summed E-state index contributed by atoms with van der Waals surface area (Å²) in [6.07, 6.45) is 0.170. The number of carbonyl (C=O) groups excluding carboxylic acids is 2. The number of aromatic nitrogens is 4. The third-order valence-corrected chi connectivity index (χ3v) is 8.07. The summed E-state index contributed by atoms with van der Waals surface area (Å²) in [5.74, 6) is 0.344. The SMILES string of the molecule is Cc1ccccc1-n1nc(C(F)(F)F)cc1NC(=O)Nc1cnc(Oc2ccc(C3CN=C(N(C)CCCC=O)S3)cc2)nc1. The first-order valence-corrected chi connectivity index (χ1v) is 14.8. The molecule has 0 spiro atoms. The maximum atomic E-state index is 13.4. The van der Waals surface area contributed by atoms with Crippen molar-refractivity contribution >= 4 is 40.8 Å². The number of amidine groups is 1. The number of hydrogen-bond acceptors (Lipinski definition) is 9. The molecule has 2 aromatic carbocycles. The zero-order valence-electron chi connectivity index (χ0n) is 24.3. The number of hydrogen-bond donors (Lipinski definition) is 2. The maximum Gasteiger partial charge on any atom is 0.435 e. The fourth-order valence-electron chi connectivity index (χ4n) is 4.42. The Hall–Kier alpha value is -4.92. The number of nitrogens with zero attached hydrogens (tertiary/aromatic N) is 6. The summed E-state index contributed by atoms with van der Waals surface area (Å²) in [7, 11) is 1.97. The Bertz CT molecular complexity index is 1680. The average Bonchev–Trinajstić information content (AvgIpc) is 3.67. The molecule has 0 aliphatic carbocycles. The van der Waals surface area contributed by atoms with Crippen molar-refractivity contribution in [2.75, 3.05) is 30.8 Å². The second kappa shape index (κ2) is 13.8. The number of urea groups is 1. The van der Waals surface area contributed by atoms with Gasteiger partial charge in [0, 0.05) is 26.1 Å². The smallest absolute Gasteiger partial charge is 0.424 e. The Morgan fingerprint density at radius 3 is 2.56 bits per heavy atom. The lowest BCUT2D eigenvalue weighted by Gasteiger charge is -2.18. The lowest BCUT2D eigenvalue weighted by molar-refractivity contribution is -0.141. The summed E-state index contributed by atoms with van der Waals surface area (Å²) in [5, 5.41) is 9.71. The van der Waals surface area contributed by atoms with Crippen LogP contribution in [0.5, 0.6) is 11.8 Å². The van der Waals surface area contributed by atoms with Crippen molar-refractivity contribution < 1.29 is 27.5 Å². The van der Waals surface area contributed by atoms with Gasteiger partial charge in [-0.1, -0.05) is 42.1 Å². The summed E-state index contributed by atoms with van der Waals surface area (Å²) < 4.78 is 47.0. The van der Waals surface area contributed by atoms with Gasteiger partial charge in [-0.3, -0.25) is 10.3 Å². The van der Waals surface area contributed by atoms with Crippen LogP contribution in [0.3, 0.4) is 0 Å². The van der Waals surface area contributed by atoms with Gasteiger partial charge in [0.15, 0.2) is 10.9 Å². The normalized spacial score (nSPS) is 14.5. The van der Waals surface area contributed by atoms with E-state index in [0.717, 1.165) is 40.7 Å². The van der Waals surface area contributed by atoms with Crippen molar-refractivity contribution in [1.82, 2.24) is 24.6 Å². The lowest BCUT2D eigenvalue weighted by Crippen LogP contribution is -2.24. The molecule has 5 rings (SSSR count). The van der Waals surface area contributed by atoms with E-state index >= 15 is 0 Å². The van der Waals surface area contributed by atoms with Gasteiger partial charge in [0.05, 0.1) is 35.6 Å². The number of ether oxygens (including phenoxy) is 1. The van der Waals surface area contributed by atoms with E-state index in [9.17, 15) is 22.8 Å². The van der Waals surface area contributed by atoms with Gasteiger partial charge in [0.25, 0.3) is 0 Å². The van der Waals surface area contributed by atoms with Crippen LogP contribution in [0.25, 0.3) is 5.69 Å². The van der Waals surface area contributed by atoms with Crippen LogP contribution in [0.4, 0.5) is 29.5 Å². The van der Waals surface area contributed by atoms with Gasteiger partial charge in [-0.2, -0.15) is 18.3 Å². The number of thioether (sulfide) groups is 1. The topological polar surface area (TPSA) is 127 Å². The molecule has 0 saturated carbocycles. The van der Waals surface area contributed by atoms with E-state index in [1.54, 1.807) is 55.1 Å². The van der Waals surface area contributed by atoms with Crippen molar-refractivity contribution in [1.29, 1.82) is 0 Å². The van der Waals surface area contributed by atoms with Crippen LogP contribution in [0, 0.1) is 6.92 Å². The average molecular weight is 639 g/mol. The van der Waals surface area contributed by atoms with Gasteiger partial charge < -0.3 is 19.7 Å². The van der Waals surface area contributed by atoms with Crippen molar-refractivity contribution in [3.8, 4) is 17.4 Å². The molecule has 2 aromatic heterocycles. The van der Waals surface area contributed by atoms with Crippen molar-refractivity contribution in [2.24, 2.45) is 4.99 Å². The van der Waals surface area contributed by atoms with E-state index in [1.807, 2.05) is 19.2 Å². The maximum absolute atomic E-state index is 13.4. The lowest BCUT2D eigenvalue weighted by atomic mass is 10.1. The van der Waals surface area contributed by atoms with E-state index in [4.69, 9.17) is 4.74 Å². The number of para-hydroxylation sites is 1. The molecule has 2 amide bonds. The first kappa shape index (κ1) is 31.5. The predicted molar refractivity (Wildman–Crippen MR) is 165 cm³/mol. The Morgan fingerprint density at radius 2 is 1.87 bits per heavy atom. The van der Waals surface area contributed by atoms with Crippen molar-refractivity contribution in [3.05, 3.63) is 83.8 Å². The molecular formula is C30H29F3N8O3S. The number of alkyl halides is 3. The van der Waals surface area contributed by atoms with Gasteiger partial charge >= 0.3 is 18.2 Å². The minimum atomic E-state index is -4.70. The zero-order valence-corrected chi connectivity index (χ0v) is 25.1. The number of aliphatic imine (C=N–C) groups is 1. The molecule has 1 aliphatic heterocycles. The van der Waals surface area contributed by atoms with Crippen molar-refractivity contribution in [2.45, 2.75) is 31.2 Å².